The first-order valence-corrected chi connectivity index (χ1v) is 15.1. The van der Waals surface area contributed by atoms with E-state index in [0.717, 1.165) is 25.6 Å². The van der Waals surface area contributed by atoms with Crippen LogP contribution in [0, 0.1) is 3.57 Å². The van der Waals surface area contributed by atoms with E-state index in [1.165, 1.54) is 15.4 Å². The minimum atomic E-state index is -0.201. The third-order valence-corrected chi connectivity index (χ3v) is 8.09. The van der Waals surface area contributed by atoms with E-state index in [4.69, 9.17) is 14.5 Å². The fourth-order valence-electron chi connectivity index (χ4n) is 4.54. The molecule has 0 radical (unpaired) electrons. The lowest BCUT2D eigenvalue weighted by Gasteiger charge is -2.16. The van der Waals surface area contributed by atoms with Gasteiger partial charge in [-0.3, -0.25) is 4.79 Å². The molecule has 5 rings (SSSR count). The Hall–Kier alpha value is -3.24. The van der Waals surface area contributed by atoms with Crippen LogP contribution in [0.2, 0.25) is 0 Å². The Balaban J connectivity index is 1.50. The molecule has 0 bridgehead atoms. The highest BCUT2D eigenvalue weighted by atomic mass is 127. The molecule has 0 spiro atoms. The monoisotopic (exact) mass is 709 g/mol. The molecule has 0 saturated carbocycles. The molecule has 1 heterocycles. The van der Waals surface area contributed by atoms with Gasteiger partial charge in [0, 0.05) is 10.4 Å². The van der Waals surface area contributed by atoms with Crippen LogP contribution in [-0.4, -0.2) is 22.5 Å². The van der Waals surface area contributed by atoms with Crippen molar-refractivity contribution in [3.63, 3.8) is 0 Å². The summed E-state index contributed by atoms with van der Waals surface area (Å²) in [5.41, 5.74) is 2.36. The predicted octanol–water partition coefficient (Wildman–Crippen LogP) is 8.29. The number of hydrogen-bond acceptors (Lipinski definition) is 5. The second-order valence-electron chi connectivity index (χ2n) is 9.49. The first kappa shape index (κ1) is 28.3. The molecule has 8 heteroatoms. The standard InChI is InChI=1S/C32H29BrIN3O3/c1-4-20(3)31-36-28-14-13-24(33)17-26(28)32(38)37(31)35-18-21-15-27(34)30(29(16-21)39-5-2)40-19-23-11-8-10-22-9-6-7-12-25(22)23/h6-18,20H,4-5,19H2,1-3H3/t20-/m0/s1. The van der Waals surface area contributed by atoms with E-state index < -0.39 is 0 Å². The largest absolute Gasteiger partial charge is 0.490 e. The molecule has 204 valence electrons. The molecule has 0 aliphatic carbocycles. The lowest BCUT2D eigenvalue weighted by molar-refractivity contribution is 0.268. The van der Waals surface area contributed by atoms with E-state index in [-0.39, 0.29) is 11.5 Å². The van der Waals surface area contributed by atoms with Gasteiger partial charge in [0.2, 0.25) is 0 Å². The van der Waals surface area contributed by atoms with E-state index in [1.54, 1.807) is 12.3 Å². The van der Waals surface area contributed by atoms with Gasteiger partial charge < -0.3 is 9.47 Å². The van der Waals surface area contributed by atoms with Crippen molar-refractivity contribution < 1.29 is 9.47 Å². The zero-order valence-electron chi connectivity index (χ0n) is 22.5. The predicted molar refractivity (Wildman–Crippen MR) is 174 cm³/mol. The summed E-state index contributed by atoms with van der Waals surface area (Å²) in [7, 11) is 0. The molecule has 0 fully saturated rings. The van der Waals surface area contributed by atoms with Crippen LogP contribution < -0.4 is 15.0 Å². The minimum Gasteiger partial charge on any atom is -0.490 e. The van der Waals surface area contributed by atoms with Crippen molar-refractivity contribution in [3.05, 3.63) is 108 Å². The lowest BCUT2D eigenvalue weighted by Crippen LogP contribution is -2.23. The van der Waals surface area contributed by atoms with Crippen LogP contribution >= 0.6 is 38.5 Å². The second kappa shape index (κ2) is 12.5. The molecule has 0 unspecified atom stereocenters. The molecule has 0 saturated heterocycles. The Morgan fingerprint density at radius 2 is 1.82 bits per heavy atom. The van der Waals surface area contributed by atoms with Gasteiger partial charge in [0.25, 0.3) is 5.56 Å². The summed E-state index contributed by atoms with van der Waals surface area (Å²) in [6.07, 6.45) is 2.51. The summed E-state index contributed by atoms with van der Waals surface area (Å²) in [6.45, 7) is 6.97. The molecule has 5 aromatic rings. The fourth-order valence-corrected chi connectivity index (χ4v) is 5.68. The fraction of sp³-hybridized carbons (Fsp3) is 0.219. The van der Waals surface area contributed by atoms with Gasteiger partial charge in [-0.2, -0.15) is 9.78 Å². The topological polar surface area (TPSA) is 65.7 Å². The number of aromatic nitrogens is 2. The third kappa shape index (κ3) is 5.93. The quantitative estimate of drug-likeness (QED) is 0.114. The highest BCUT2D eigenvalue weighted by Crippen LogP contribution is 2.35. The van der Waals surface area contributed by atoms with Crippen molar-refractivity contribution in [2.45, 2.75) is 39.7 Å². The average molecular weight is 710 g/mol. The summed E-state index contributed by atoms with van der Waals surface area (Å²) in [6, 6.07) is 23.9. The van der Waals surface area contributed by atoms with Gasteiger partial charge in [0.15, 0.2) is 11.5 Å². The van der Waals surface area contributed by atoms with Crippen molar-refractivity contribution in [2.75, 3.05) is 6.61 Å². The Labute approximate surface area is 255 Å². The van der Waals surface area contributed by atoms with Crippen LogP contribution in [0.4, 0.5) is 0 Å². The van der Waals surface area contributed by atoms with Crippen LogP contribution in [0.1, 0.15) is 50.1 Å². The van der Waals surface area contributed by atoms with E-state index >= 15 is 0 Å². The molecule has 0 amide bonds. The van der Waals surface area contributed by atoms with Crippen molar-refractivity contribution in [2.24, 2.45) is 5.10 Å². The molecule has 40 heavy (non-hydrogen) atoms. The lowest BCUT2D eigenvalue weighted by atomic mass is 10.1. The smallest absolute Gasteiger partial charge is 0.282 e. The molecular weight excluding hydrogens is 681 g/mol. The van der Waals surface area contributed by atoms with Crippen LogP contribution in [-0.2, 0) is 6.61 Å². The van der Waals surface area contributed by atoms with Gasteiger partial charge in [-0.15, -0.1) is 0 Å². The zero-order chi connectivity index (χ0) is 28.2. The van der Waals surface area contributed by atoms with Crippen molar-refractivity contribution in [1.82, 2.24) is 9.66 Å². The van der Waals surface area contributed by atoms with Gasteiger partial charge >= 0.3 is 0 Å². The zero-order valence-corrected chi connectivity index (χ0v) is 26.3. The number of fused-ring (bicyclic) bond motifs is 2. The molecule has 1 aromatic heterocycles. The maximum atomic E-state index is 13.5. The molecular formula is C32H29BrIN3O3. The Morgan fingerprint density at radius 1 is 1.02 bits per heavy atom. The highest BCUT2D eigenvalue weighted by molar-refractivity contribution is 14.1. The van der Waals surface area contributed by atoms with Gasteiger partial charge in [-0.25, -0.2) is 4.98 Å². The maximum absolute atomic E-state index is 13.5. The van der Waals surface area contributed by atoms with E-state index in [0.29, 0.717) is 41.4 Å². The number of hydrogen-bond donors (Lipinski definition) is 0. The van der Waals surface area contributed by atoms with Crippen LogP contribution in [0.25, 0.3) is 21.7 Å². The number of benzene rings is 4. The molecule has 4 aromatic carbocycles. The van der Waals surface area contributed by atoms with Crippen molar-refractivity contribution >= 4 is 66.4 Å². The number of halogens is 2. The molecule has 1 atom stereocenters. The Morgan fingerprint density at radius 3 is 2.62 bits per heavy atom. The third-order valence-electron chi connectivity index (χ3n) is 6.79. The summed E-state index contributed by atoms with van der Waals surface area (Å²) >= 11 is 5.72. The molecule has 0 aliphatic rings. The Bertz CT molecular complexity index is 1780. The molecule has 0 N–H and O–H groups in total. The highest BCUT2D eigenvalue weighted by Gasteiger charge is 2.17. The van der Waals surface area contributed by atoms with Crippen molar-refractivity contribution in [3.8, 4) is 11.5 Å². The first-order valence-electron chi connectivity index (χ1n) is 13.2. The Kier molecular flexibility index (Phi) is 8.85. The van der Waals surface area contributed by atoms with E-state index in [2.05, 4.69) is 81.7 Å². The summed E-state index contributed by atoms with van der Waals surface area (Å²) in [5, 5.41) is 7.49. The van der Waals surface area contributed by atoms with Gasteiger partial charge in [-0.05, 0) is 88.2 Å². The second-order valence-corrected chi connectivity index (χ2v) is 11.6. The summed E-state index contributed by atoms with van der Waals surface area (Å²) in [5.74, 6) is 2.00. The number of nitrogens with zero attached hydrogens (tertiary/aromatic N) is 3. The summed E-state index contributed by atoms with van der Waals surface area (Å²) < 4.78 is 15.4. The minimum absolute atomic E-state index is 0.0573. The van der Waals surface area contributed by atoms with Crippen LogP contribution in [0.5, 0.6) is 11.5 Å². The number of rotatable bonds is 9. The van der Waals surface area contributed by atoms with Gasteiger partial charge in [0.05, 0.1) is 27.3 Å². The van der Waals surface area contributed by atoms with Gasteiger partial charge in [0.1, 0.15) is 12.4 Å². The molecule has 0 aliphatic heterocycles. The number of ether oxygens (including phenoxy) is 2. The van der Waals surface area contributed by atoms with Crippen LogP contribution in [0.15, 0.2) is 87.2 Å². The van der Waals surface area contributed by atoms with E-state index in [1.807, 2.05) is 49.4 Å². The van der Waals surface area contributed by atoms with Crippen molar-refractivity contribution in [1.29, 1.82) is 0 Å². The maximum Gasteiger partial charge on any atom is 0.282 e. The molecule has 6 nitrogen and oxygen atoms in total. The summed E-state index contributed by atoms with van der Waals surface area (Å²) in [4.78, 5) is 18.3. The average Bonchev–Trinajstić information content (AvgIpc) is 2.96. The SMILES string of the molecule is CCOc1cc(C=Nn2c([C@@H](C)CC)nc3ccc(Br)cc3c2=O)cc(I)c1OCc1cccc2ccccc12. The van der Waals surface area contributed by atoms with Gasteiger partial charge in [-0.1, -0.05) is 72.2 Å². The first-order chi connectivity index (χ1) is 19.4. The normalized spacial score (nSPS) is 12.3. The van der Waals surface area contributed by atoms with E-state index in [9.17, 15) is 4.79 Å². The van der Waals surface area contributed by atoms with Crippen LogP contribution in [0.3, 0.4) is 0 Å².